The summed E-state index contributed by atoms with van der Waals surface area (Å²) in [6, 6.07) is 9.02. The molecule has 0 bridgehead atoms. The smallest absolute Gasteiger partial charge is 0.315 e. The van der Waals surface area contributed by atoms with Gasteiger partial charge in [-0.3, -0.25) is 4.79 Å². The van der Waals surface area contributed by atoms with Crippen LogP contribution in [0, 0.1) is 0 Å². The van der Waals surface area contributed by atoms with Crippen molar-refractivity contribution in [2.75, 3.05) is 6.54 Å². The number of urea groups is 1. The van der Waals surface area contributed by atoms with Crippen molar-refractivity contribution in [1.29, 1.82) is 0 Å². The SMILES string of the molecule is CCC(C)NC(=O)C(C)NC(=O)NC/C=C/c1ccccc1. The zero-order chi connectivity index (χ0) is 16.4. The van der Waals surface area contributed by atoms with Gasteiger partial charge in [0.15, 0.2) is 0 Å². The molecule has 2 atom stereocenters. The number of hydrogen-bond acceptors (Lipinski definition) is 2. The Morgan fingerprint density at radius 1 is 1.14 bits per heavy atom. The number of nitrogens with one attached hydrogen (secondary N) is 3. The molecule has 22 heavy (non-hydrogen) atoms. The van der Waals surface area contributed by atoms with Gasteiger partial charge in [-0.05, 0) is 25.8 Å². The second-order valence-electron chi connectivity index (χ2n) is 5.21. The number of amides is 3. The molecule has 5 heteroatoms. The summed E-state index contributed by atoms with van der Waals surface area (Å²) in [5.41, 5.74) is 1.08. The third kappa shape index (κ3) is 6.92. The van der Waals surface area contributed by atoms with Crippen LogP contribution in [-0.4, -0.2) is 30.6 Å². The average Bonchev–Trinajstić information content (AvgIpc) is 2.52. The van der Waals surface area contributed by atoms with Crippen LogP contribution < -0.4 is 16.0 Å². The lowest BCUT2D eigenvalue weighted by Gasteiger charge is -2.17. The number of hydrogen-bond donors (Lipinski definition) is 3. The summed E-state index contributed by atoms with van der Waals surface area (Å²) in [5, 5.41) is 8.13. The van der Waals surface area contributed by atoms with Gasteiger partial charge in [0, 0.05) is 12.6 Å². The summed E-state index contributed by atoms with van der Waals surface area (Å²) in [4.78, 5) is 23.5. The monoisotopic (exact) mass is 303 g/mol. The van der Waals surface area contributed by atoms with Gasteiger partial charge < -0.3 is 16.0 Å². The minimum absolute atomic E-state index is 0.105. The van der Waals surface area contributed by atoms with Crippen LogP contribution in [0.4, 0.5) is 4.79 Å². The van der Waals surface area contributed by atoms with E-state index in [1.54, 1.807) is 6.92 Å². The Balaban J connectivity index is 2.28. The van der Waals surface area contributed by atoms with Gasteiger partial charge in [-0.1, -0.05) is 49.4 Å². The fourth-order valence-corrected chi connectivity index (χ4v) is 1.69. The Hall–Kier alpha value is -2.30. The molecule has 0 fully saturated rings. The maximum atomic E-state index is 11.8. The number of rotatable bonds is 7. The van der Waals surface area contributed by atoms with Crippen molar-refractivity contribution < 1.29 is 9.59 Å². The molecule has 0 radical (unpaired) electrons. The van der Waals surface area contributed by atoms with Gasteiger partial charge in [0.1, 0.15) is 6.04 Å². The molecule has 0 saturated carbocycles. The second-order valence-corrected chi connectivity index (χ2v) is 5.21. The van der Waals surface area contributed by atoms with E-state index in [0.717, 1.165) is 12.0 Å². The fraction of sp³-hybridized carbons (Fsp3) is 0.412. The molecule has 0 saturated heterocycles. The summed E-state index contributed by atoms with van der Waals surface area (Å²) in [6.07, 6.45) is 4.65. The zero-order valence-corrected chi connectivity index (χ0v) is 13.4. The van der Waals surface area contributed by atoms with Crippen molar-refractivity contribution in [3.8, 4) is 0 Å². The van der Waals surface area contributed by atoms with E-state index < -0.39 is 6.04 Å². The predicted octanol–water partition coefficient (Wildman–Crippen LogP) is 2.30. The van der Waals surface area contributed by atoms with Gasteiger partial charge in [-0.2, -0.15) is 0 Å². The highest BCUT2D eigenvalue weighted by molar-refractivity contribution is 5.86. The van der Waals surface area contributed by atoms with E-state index >= 15 is 0 Å². The minimum atomic E-state index is -0.563. The number of benzene rings is 1. The Labute approximate surface area is 132 Å². The Morgan fingerprint density at radius 2 is 1.82 bits per heavy atom. The summed E-state index contributed by atoms with van der Waals surface area (Å²) in [6.45, 7) is 5.99. The normalized spacial score (nSPS) is 13.4. The molecule has 0 spiro atoms. The van der Waals surface area contributed by atoms with Crippen molar-refractivity contribution in [2.45, 2.75) is 39.3 Å². The molecule has 3 amide bonds. The number of carbonyl (C=O) groups is 2. The highest BCUT2D eigenvalue weighted by atomic mass is 16.2. The molecule has 0 heterocycles. The molecule has 2 unspecified atom stereocenters. The molecule has 120 valence electrons. The molecular weight excluding hydrogens is 278 g/mol. The van der Waals surface area contributed by atoms with Gasteiger partial charge >= 0.3 is 6.03 Å². The van der Waals surface area contributed by atoms with Crippen LogP contribution in [0.3, 0.4) is 0 Å². The van der Waals surface area contributed by atoms with Crippen LogP contribution >= 0.6 is 0 Å². The van der Waals surface area contributed by atoms with Gasteiger partial charge in [0.2, 0.25) is 5.91 Å². The lowest BCUT2D eigenvalue weighted by molar-refractivity contribution is -0.123. The molecule has 1 aromatic rings. The first kappa shape index (κ1) is 17.8. The van der Waals surface area contributed by atoms with E-state index in [2.05, 4.69) is 16.0 Å². The van der Waals surface area contributed by atoms with Crippen molar-refractivity contribution in [2.24, 2.45) is 0 Å². The molecule has 0 aromatic heterocycles. The molecule has 1 rings (SSSR count). The van der Waals surface area contributed by atoms with Gasteiger partial charge in [-0.15, -0.1) is 0 Å². The molecule has 0 aliphatic rings. The third-order valence-corrected chi connectivity index (χ3v) is 3.23. The standard InChI is InChI=1S/C17H25N3O2/c1-4-13(2)19-16(21)14(3)20-17(22)18-12-8-11-15-9-6-5-7-10-15/h5-11,13-14H,4,12H2,1-3H3,(H,19,21)(H2,18,20,22)/b11-8+. The lowest BCUT2D eigenvalue weighted by atomic mass is 10.2. The van der Waals surface area contributed by atoms with Crippen LogP contribution in [0.5, 0.6) is 0 Å². The lowest BCUT2D eigenvalue weighted by Crippen LogP contribution is -2.50. The van der Waals surface area contributed by atoms with E-state index in [4.69, 9.17) is 0 Å². The maximum absolute atomic E-state index is 11.8. The topological polar surface area (TPSA) is 70.2 Å². The molecule has 3 N–H and O–H groups in total. The van der Waals surface area contributed by atoms with Crippen molar-refractivity contribution >= 4 is 18.0 Å². The van der Waals surface area contributed by atoms with E-state index in [1.165, 1.54) is 0 Å². The van der Waals surface area contributed by atoms with Crippen molar-refractivity contribution in [3.63, 3.8) is 0 Å². The van der Waals surface area contributed by atoms with Crippen LogP contribution in [0.15, 0.2) is 36.4 Å². The first-order chi connectivity index (χ1) is 10.5. The fourth-order valence-electron chi connectivity index (χ4n) is 1.69. The highest BCUT2D eigenvalue weighted by Gasteiger charge is 2.16. The predicted molar refractivity (Wildman–Crippen MR) is 89.4 cm³/mol. The molecule has 5 nitrogen and oxygen atoms in total. The molecular formula is C17H25N3O2. The van der Waals surface area contributed by atoms with E-state index in [9.17, 15) is 9.59 Å². The highest BCUT2D eigenvalue weighted by Crippen LogP contribution is 1.99. The summed E-state index contributed by atoms with van der Waals surface area (Å²) < 4.78 is 0. The first-order valence-electron chi connectivity index (χ1n) is 7.59. The summed E-state index contributed by atoms with van der Waals surface area (Å²) in [5.74, 6) is -0.177. The Kier molecular flexibility index (Phi) is 7.75. The van der Waals surface area contributed by atoms with Crippen LogP contribution in [0.1, 0.15) is 32.8 Å². The van der Waals surface area contributed by atoms with E-state index in [1.807, 2.05) is 56.3 Å². The summed E-state index contributed by atoms with van der Waals surface area (Å²) in [7, 11) is 0. The van der Waals surface area contributed by atoms with Gasteiger partial charge in [0.25, 0.3) is 0 Å². The van der Waals surface area contributed by atoms with Crippen molar-refractivity contribution in [1.82, 2.24) is 16.0 Å². The van der Waals surface area contributed by atoms with E-state index in [-0.39, 0.29) is 18.0 Å². The Bertz CT molecular complexity index is 500. The average molecular weight is 303 g/mol. The molecule has 0 aliphatic heterocycles. The molecule has 1 aromatic carbocycles. The maximum Gasteiger partial charge on any atom is 0.315 e. The third-order valence-electron chi connectivity index (χ3n) is 3.23. The van der Waals surface area contributed by atoms with Gasteiger partial charge in [0.05, 0.1) is 0 Å². The second kappa shape index (κ2) is 9.60. The Morgan fingerprint density at radius 3 is 2.45 bits per heavy atom. The first-order valence-corrected chi connectivity index (χ1v) is 7.59. The van der Waals surface area contributed by atoms with E-state index in [0.29, 0.717) is 6.54 Å². The van der Waals surface area contributed by atoms with Gasteiger partial charge in [-0.25, -0.2) is 4.79 Å². The van der Waals surface area contributed by atoms with Crippen molar-refractivity contribution in [3.05, 3.63) is 42.0 Å². The number of carbonyl (C=O) groups excluding carboxylic acids is 2. The zero-order valence-electron chi connectivity index (χ0n) is 13.4. The quantitative estimate of drug-likeness (QED) is 0.723. The summed E-state index contributed by atoms with van der Waals surface area (Å²) >= 11 is 0. The van der Waals surface area contributed by atoms with Crippen LogP contribution in [0.2, 0.25) is 0 Å². The van der Waals surface area contributed by atoms with Crippen LogP contribution in [-0.2, 0) is 4.79 Å². The largest absolute Gasteiger partial charge is 0.352 e. The minimum Gasteiger partial charge on any atom is -0.352 e. The van der Waals surface area contributed by atoms with Crippen LogP contribution in [0.25, 0.3) is 6.08 Å². The molecule has 0 aliphatic carbocycles.